The molecule has 0 saturated carbocycles. The van der Waals surface area contributed by atoms with Gasteiger partial charge in [0.1, 0.15) is 26.7 Å². The zero-order valence-corrected chi connectivity index (χ0v) is 10.1. The monoisotopic (exact) mass is 291 g/mol. The standard InChI is InChI=1S/C8HCl3FN5/c9-2-3(12)4-1(5-6(2)16-17-15-5)7(10)14-8(11)13-4/h(H,15,16,17). The van der Waals surface area contributed by atoms with E-state index in [9.17, 15) is 4.39 Å². The Labute approximate surface area is 108 Å². The van der Waals surface area contributed by atoms with E-state index in [-0.39, 0.29) is 31.9 Å². The fourth-order valence-corrected chi connectivity index (χ4v) is 2.24. The van der Waals surface area contributed by atoms with Crippen molar-refractivity contribution in [2.75, 3.05) is 0 Å². The highest BCUT2D eigenvalue weighted by Crippen LogP contribution is 2.35. The maximum absolute atomic E-state index is 13.9. The highest BCUT2D eigenvalue weighted by atomic mass is 35.5. The van der Waals surface area contributed by atoms with E-state index in [2.05, 4.69) is 25.4 Å². The number of halogens is 4. The van der Waals surface area contributed by atoms with Gasteiger partial charge in [-0.1, -0.05) is 23.2 Å². The number of hydrogen-bond acceptors (Lipinski definition) is 4. The smallest absolute Gasteiger partial charge is 0.215 e. The summed E-state index contributed by atoms with van der Waals surface area (Å²) >= 11 is 17.3. The lowest BCUT2D eigenvalue weighted by molar-refractivity contribution is 0.638. The Kier molecular flexibility index (Phi) is 2.32. The second-order valence-corrected chi connectivity index (χ2v) is 4.23. The van der Waals surface area contributed by atoms with Crippen molar-refractivity contribution < 1.29 is 4.39 Å². The summed E-state index contributed by atoms with van der Waals surface area (Å²) in [4.78, 5) is 7.49. The number of rotatable bonds is 0. The quantitative estimate of drug-likeness (QED) is 0.511. The number of aromatic amines is 1. The Morgan fingerprint density at radius 1 is 0.941 bits per heavy atom. The number of benzene rings is 1. The first-order valence-corrected chi connectivity index (χ1v) is 5.43. The van der Waals surface area contributed by atoms with Crippen LogP contribution in [0.3, 0.4) is 0 Å². The minimum atomic E-state index is -0.755. The van der Waals surface area contributed by atoms with Gasteiger partial charge in [0.05, 0.1) is 5.39 Å². The van der Waals surface area contributed by atoms with Crippen LogP contribution in [0.1, 0.15) is 0 Å². The van der Waals surface area contributed by atoms with Crippen molar-refractivity contribution in [3.05, 3.63) is 21.3 Å². The molecular formula is C8HCl3FN5. The molecule has 2 aromatic heterocycles. The first-order valence-electron chi connectivity index (χ1n) is 4.29. The molecule has 0 saturated heterocycles. The number of hydrogen-bond donors (Lipinski definition) is 1. The van der Waals surface area contributed by atoms with Crippen LogP contribution in [0, 0.1) is 5.82 Å². The minimum absolute atomic E-state index is 0.00512. The molecule has 9 heteroatoms. The number of nitrogens with zero attached hydrogens (tertiary/aromatic N) is 4. The molecule has 0 fully saturated rings. The molecule has 5 nitrogen and oxygen atoms in total. The maximum Gasteiger partial charge on any atom is 0.224 e. The summed E-state index contributed by atoms with van der Waals surface area (Å²) < 4.78 is 13.9. The van der Waals surface area contributed by atoms with Crippen LogP contribution in [0.25, 0.3) is 21.9 Å². The van der Waals surface area contributed by atoms with E-state index in [1.165, 1.54) is 0 Å². The van der Waals surface area contributed by atoms with E-state index in [1.807, 2.05) is 0 Å². The van der Waals surface area contributed by atoms with Crippen molar-refractivity contribution in [1.29, 1.82) is 0 Å². The molecule has 0 amide bonds. The SMILES string of the molecule is Fc1c(Cl)c2n[nH]nc2c2c(Cl)nc(Cl)nc12. The average Bonchev–Trinajstić information content (AvgIpc) is 2.73. The lowest BCUT2D eigenvalue weighted by Crippen LogP contribution is -1.93. The van der Waals surface area contributed by atoms with Gasteiger partial charge >= 0.3 is 0 Å². The summed E-state index contributed by atoms with van der Waals surface area (Å²) in [5.41, 5.74) is 0.388. The molecule has 2 heterocycles. The van der Waals surface area contributed by atoms with Crippen molar-refractivity contribution in [2.24, 2.45) is 0 Å². The van der Waals surface area contributed by atoms with Crippen LogP contribution in [-0.2, 0) is 0 Å². The fraction of sp³-hybridized carbons (Fsp3) is 0. The van der Waals surface area contributed by atoms with Gasteiger partial charge in [-0.25, -0.2) is 14.4 Å². The van der Waals surface area contributed by atoms with Crippen molar-refractivity contribution >= 4 is 56.7 Å². The molecule has 0 aliphatic carbocycles. The Bertz CT molecular complexity index is 756. The number of aromatic nitrogens is 5. The van der Waals surface area contributed by atoms with E-state index >= 15 is 0 Å². The molecule has 86 valence electrons. The maximum atomic E-state index is 13.9. The van der Waals surface area contributed by atoms with Gasteiger partial charge < -0.3 is 0 Å². The van der Waals surface area contributed by atoms with Crippen LogP contribution in [0.4, 0.5) is 4.39 Å². The van der Waals surface area contributed by atoms with E-state index in [0.717, 1.165) is 0 Å². The Morgan fingerprint density at radius 2 is 1.65 bits per heavy atom. The molecule has 3 aromatic rings. The van der Waals surface area contributed by atoms with Crippen LogP contribution in [0.15, 0.2) is 0 Å². The average molecular weight is 292 g/mol. The summed E-state index contributed by atoms with van der Waals surface area (Å²) in [6, 6.07) is 0. The van der Waals surface area contributed by atoms with Crippen LogP contribution < -0.4 is 0 Å². The van der Waals surface area contributed by atoms with Crippen LogP contribution in [0.5, 0.6) is 0 Å². The normalized spacial score (nSPS) is 11.5. The molecule has 0 atom stereocenters. The minimum Gasteiger partial charge on any atom is -0.215 e. The molecule has 0 aliphatic heterocycles. The lowest BCUT2D eigenvalue weighted by Gasteiger charge is -2.03. The fourth-order valence-electron chi connectivity index (χ4n) is 1.54. The van der Waals surface area contributed by atoms with E-state index in [1.54, 1.807) is 0 Å². The summed E-state index contributed by atoms with van der Waals surface area (Å²) in [6.45, 7) is 0. The van der Waals surface area contributed by atoms with Crippen molar-refractivity contribution in [3.8, 4) is 0 Å². The predicted molar refractivity (Wildman–Crippen MR) is 62.0 cm³/mol. The zero-order valence-electron chi connectivity index (χ0n) is 7.80. The van der Waals surface area contributed by atoms with Crippen LogP contribution in [-0.4, -0.2) is 25.4 Å². The number of fused-ring (bicyclic) bond motifs is 3. The summed E-state index contributed by atoms with van der Waals surface area (Å²) in [7, 11) is 0. The zero-order chi connectivity index (χ0) is 12.2. The largest absolute Gasteiger partial charge is 0.224 e. The molecule has 3 rings (SSSR count). The van der Waals surface area contributed by atoms with Crippen molar-refractivity contribution in [3.63, 3.8) is 0 Å². The van der Waals surface area contributed by atoms with E-state index < -0.39 is 5.82 Å². The van der Waals surface area contributed by atoms with Gasteiger partial charge in [0.15, 0.2) is 5.82 Å². The molecule has 1 aromatic carbocycles. The third kappa shape index (κ3) is 1.45. The molecule has 0 bridgehead atoms. The summed E-state index contributed by atoms with van der Waals surface area (Å²) in [6.07, 6.45) is 0. The van der Waals surface area contributed by atoms with Crippen LogP contribution >= 0.6 is 34.8 Å². The van der Waals surface area contributed by atoms with Crippen LogP contribution in [0.2, 0.25) is 15.5 Å². The van der Waals surface area contributed by atoms with Gasteiger partial charge in [0.25, 0.3) is 0 Å². The van der Waals surface area contributed by atoms with Gasteiger partial charge in [0.2, 0.25) is 5.28 Å². The highest BCUT2D eigenvalue weighted by molar-refractivity contribution is 6.40. The van der Waals surface area contributed by atoms with E-state index in [0.29, 0.717) is 5.52 Å². The first kappa shape index (κ1) is 10.9. The van der Waals surface area contributed by atoms with E-state index in [4.69, 9.17) is 34.8 Å². The second kappa shape index (κ2) is 3.63. The third-order valence-corrected chi connectivity index (χ3v) is 3.02. The number of nitrogens with one attached hydrogen (secondary N) is 1. The second-order valence-electron chi connectivity index (χ2n) is 3.16. The molecule has 0 aliphatic rings. The molecular weight excluding hydrogens is 291 g/mol. The van der Waals surface area contributed by atoms with Gasteiger partial charge in [-0.05, 0) is 11.6 Å². The van der Waals surface area contributed by atoms with Gasteiger partial charge in [-0.2, -0.15) is 15.4 Å². The third-order valence-electron chi connectivity index (χ3n) is 2.23. The molecule has 17 heavy (non-hydrogen) atoms. The molecule has 0 spiro atoms. The Morgan fingerprint density at radius 3 is 2.41 bits per heavy atom. The van der Waals surface area contributed by atoms with Crippen molar-refractivity contribution in [2.45, 2.75) is 0 Å². The molecule has 0 unspecified atom stereocenters. The summed E-state index contributed by atoms with van der Waals surface area (Å²) in [5, 5.41) is 9.79. The highest BCUT2D eigenvalue weighted by Gasteiger charge is 2.20. The Hall–Kier alpha value is -1.24. The molecule has 0 radical (unpaired) electrons. The van der Waals surface area contributed by atoms with Crippen molar-refractivity contribution in [1.82, 2.24) is 25.4 Å². The predicted octanol–water partition coefficient (Wildman–Crippen LogP) is 3.00. The Balaban J connectivity index is 2.70. The summed E-state index contributed by atoms with van der Waals surface area (Å²) in [5.74, 6) is -0.755. The lowest BCUT2D eigenvalue weighted by atomic mass is 10.2. The topological polar surface area (TPSA) is 67.3 Å². The van der Waals surface area contributed by atoms with Gasteiger partial charge in [0, 0.05) is 0 Å². The molecule has 1 N–H and O–H groups in total. The van der Waals surface area contributed by atoms with Gasteiger partial charge in [-0.3, -0.25) is 0 Å². The van der Waals surface area contributed by atoms with Gasteiger partial charge in [-0.15, -0.1) is 0 Å². The first-order chi connectivity index (χ1) is 8.09. The number of H-pyrrole nitrogens is 1.